The van der Waals surface area contributed by atoms with E-state index in [9.17, 15) is 0 Å². The smallest absolute Gasteiger partial charge is 0.0468 e. The highest BCUT2D eigenvalue weighted by Crippen LogP contribution is 2.26. The maximum Gasteiger partial charge on any atom is 0.0468 e. The average Bonchev–Trinajstić information content (AvgIpc) is 2.31. The van der Waals surface area contributed by atoms with E-state index in [1.807, 2.05) is 18.5 Å². The van der Waals surface area contributed by atoms with Crippen molar-refractivity contribution in [3.8, 4) is 0 Å². The fourth-order valence-corrected chi connectivity index (χ4v) is 2.33. The zero-order chi connectivity index (χ0) is 11.4. The van der Waals surface area contributed by atoms with Crippen LogP contribution in [-0.4, -0.2) is 18.2 Å². The van der Waals surface area contributed by atoms with E-state index >= 15 is 0 Å². The van der Waals surface area contributed by atoms with Crippen LogP contribution in [0.25, 0.3) is 0 Å². The second-order valence-corrected chi connectivity index (χ2v) is 4.63. The van der Waals surface area contributed by atoms with Crippen LogP contribution in [0.3, 0.4) is 0 Å². The number of hydrogen-bond donors (Lipinski definition) is 1. The van der Waals surface area contributed by atoms with Crippen LogP contribution in [0, 0.1) is 12.8 Å². The number of aromatic nitrogens is 1. The number of nitrogens with zero attached hydrogens (tertiary/aromatic N) is 1. The molecule has 2 rings (SSSR count). The van der Waals surface area contributed by atoms with Crippen LogP contribution in [0.15, 0.2) is 18.5 Å². The molecule has 3 nitrogen and oxygen atoms in total. The van der Waals surface area contributed by atoms with E-state index in [1.54, 1.807) is 0 Å². The van der Waals surface area contributed by atoms with Gasteiger partial charge in [0.05, 0.1) is 0 Å². The summed E-state index contributed by atoms with van der Waals surface area (Å²) < 4.78 is 5.36. The molecule has 3 heteroatoms. The van der Waals surface area contributed by atoms with Gasteiger partial charge in [-0.3, -0.25) is 4.98 Å². The van der Waals surface area contributed by atoms with Crippen molar-refractivity contribution < 1.29 is 4.74 Å². The summed E-state index contributed by atoms with van der Waals surface area (Å²) >= 11 is 0. The first kappa shape index (κ1) is 11.6. The summed E-state index contributed by atoms with van der Waals surface area (Å²) in [6.45, 7) is 3.88. The van der Waals surface area contributed by atoms with E-state index in [2.05, 4.69) is 11.9 Å². The van der Waals surface area contributed by atoms with Gasteiger partial charge in [-0.1, -0.05) is 0 Å². The van der Waals surface area contributed by atoms with Crippen LogP contribution in [0.4, 0.5) is 0 Å². The summed E-state index contributed by atoms with van der Waals surface area (Å²) in [5.74, 6) is 0.711. The maximum absolute atomic E-state index is 6.25. The fourth-order valence-electron chi connectivity index (χ4n) is 2.33. The lowest BCUT2D eigenvalue weighted by Gasteiger charge is -2.25. The molecular formula is C13H20N2O. The van der Waals surface area contributed by atoms with Crippen LogP contribution >= 0.6 is 0 Å². The first-order valence-corrected chi connectivity index (χ1v) is 6.01. The van der Waals surface area contributed by atoms with Crippen LogP contribution in [0.1, 0.15) is 36.4 Å². The van der Waals surface area contributed by atoms with E-state index in [1.165, 1.54) is 11.1 Å². The fraction of sp³-hybridized carbons (Fsp3) is 0.615. The Kier molecular flexibility index (Phi) is 3.91. The third-order valence-corrected chi connectivity index (χ3v) is 3.41. The molecule has 2 N–H and O–H groups in total. The number of hydrogen-bond acceptors (Lipinski definition) is 3. The Hall–Kier alpha value is -0.930. The van der Waals surface area contributed by atoms with Gasteiger partial charge in [-0.05, 0) is 49.3 Å². The van der Waals surface area contributed by atoms with Crippen molar-refractivity contribution in [3.63, 3.8) is 0 Å². The van der Waals surface area contributed by atoms with Crippen molar-refractivity contribution in [3.05, 3.63) is 29.6 Å². The molecular weight excluding hydrogens is 200 g/mol. The van der Waals surface area contributed by atoms with Crippen molar-refractivity contribution >= 4 is 0 Å². The van der Waals surface area contributed by atoms with Crippen molar-refractivity contribution in [2.75, 3.05) is 13.2 Å². The average molecular weight is 220 g/mol. The third kappa shape index (κ3) is 2.80. The van der Waals surface area contributed by atoms with E-state index in [0.717, 1.165) is 32.5 Å². The summed E-state index contributed by atoms with van der Waals surface area (Å²) in [5, 5.41) is 0. The maximum atomic E-state index is 6.25. The number of aryl methyl sites for hydroxylation is 1. The molecule has 88 valence electrons. The predicted molar refractivity (Wildman–Crippen MR) is 64.1 cm³/mol. The highest BCUT2D eigenvalue weighted by atomic mass is 16.5. The van der Waals surface area contributed by atoms with E-state index in [-0.39, 0.29) is 6.04 Å². The molecule has 1 aromatic heterocycles. The van der Waals surface area contributed by atoms with Crippen molar-refractivity contribution in [2.45, 2.75) is 32.2 Å². The van der Waals surface area contributed by atoms with Gasteiger partial charge in [-0.2, -0.15) is 0 Å². The van der Waals surface area contributed by atoms with Crippen LogP contribution in [0.2, 0.25) is 0 Å². The molecule has 1 saturated heterocycles. The topological polar surface area (TPSA) is 48.1 Å². The SMILES string of the molecule is Cc1ccncc1C(N)CC1CCOCC1. The van der Waals surface area contributed by atoms with Gasteiger partial charge in [0.2, 0.25) is 0 Å². The van der Waals surface area contributed by atoms with Gasteiger partial charge in [0, 0.05) is 31.6 Å². The van der Waals surface area contributed by atoms with Crippen molar-refractivity contribution in [1.82, 2.24) is 4.98 Å². The normalized spacial score (nSPS) is 19.6. The van der Waals surface area contributed by atoms with Gasteiger partial charge >= 0.3 is 0 Å². The van der Waals surface area contributed by atoms with Gasteiger partial charge in [0.25, 0.3) is 0 Å². The van der Waals surface area contributed by atoms with E-state index in [4.69, 9.17) is 10.5 Å². The first-order chi connectivity index (χ1) is 7.77. The van der Waals surface area contributed by atoms with Crippen LogP contribution in [-0.2, 0) is 4.74 Å². The zero-order valence-electron chi connectivity index (χ0n) is 9.86. The van der Waals surface area contributed by atoms with Gasteiger partial charge in [0.1, 0.15) is 0 Å². The third-order valence-electron chi connectivity index (χ3n) is 3.41. The number of nitrogens with two attached hydrogens (primary N) is 1. The minimum Gasteiger partial charge on any atom is -0.381 e. The lowest BCUT2D eigenvalue weighted by molar-refractivity contribution is 0.0618. The second kappa shape index (κ2) is 5.41. The first-order valence-electron chi connectivity index (χ1n) is 6.01. The van der Waals surface area contributed by atoms with Crippen molar-refractivity contribution in [2.24, 2.45) is 11.7 Å². The Labute approximate surface area is 97.0 Å². The molecule has 1 aromatic rings. The largest absolute Gasteiger partial charge is 0.381 e. The molecule has 1 atom stereocenters. The monoisotopic (exact) mass is 220 g/mol. The Balaban J connectivity index is 1.96. The Morgan fingerprint density at radius 2 is 2.25 bits per heavy atom. The molecule has 0 bridgehead atoms. The number of pyridine rings is 1. The standard InChI is InChI=1S/C13H20N2O/c1-10-2-5-15-9-12(10)13(14)8-11-3-6-16-7-4-11/h2,5,9,11,13H,3-4,6-8,14H2,1H3. The Morgan fingerprint density at radius 1 is 1.50 bits per heavy atom. The highest BCUT2D eigenvalue weighted by Gasteiger charge is 2.18. The molecule has 0 aliphatic carbocycles. The van der Waals surface area contributed by atoms with E-state index < -0.39 is 0 Å². The molecule has 0 aromatic carbocycles. The molecule has 2 heterocycles. The molecule has 0 radical (unpaired) electrons. The van der Waals surface area contributed by atoms with Gasteiger partial charge in [-0.15, -0.1) is 0 Å². The van der Waals surface area contributed by atoms with Gasteiger partial charge in [-0.25, -0.2) is 0 Å². The summed E-state index contributed by atoms with van der Waals surface area (Å²) in [7, 11) is 0. The molecule has 16 heavy (non-hydrogen) atoms. The number of ether oxygens (including phenoxy) is 1. The van der Waals surface area contributed by atoms with Gasteiger partial charge < -0.3 is 10.5 Å². The minimum absolute atomic E-state index is 0.122. The molecule has 1 aliphatic heterocycles. The molecule has 1 aliphatic rings. The molecule has 1 unspecified atom stereocenters. The van der Waals surface area contributed by atoms with Crippen molar-refractivity contribution in [1.29, 1.82) is 0 Å². The number of rotatable bonds is 3. The molecule has 0 saturated carbocycles. The lowest BCUT2D eigenvalue weighted by Crippen LogP contribution is -2.22. The van der Waals surface area contributed by atoms with E-state index in [0.29, 0.717) is 5.92 Å². The van der Waals surface area contributed by atoms with Gasteiger partial charge in [0.15, 0.2) is 0 Å². The highest BCUT2D eigenvalue weighted by molar-refractivity contribution is 5.24. The summed E-state index contributed by atoms with van der Waals surface area (Å²) in [4.78, 5) is 4.15. The quantitative estimate of drug-likeness (QED) is 0.849. The summed E-state index contributed by atoms with van der Waals surface area (Å²) in [6.07, 6.45) is 7.06. The van der Waals surface area contributed by atoms with Crippen LogP contribution in [0.5, 0.6) is 0 Å². The molecule has 1 fully saturated rings. The summed E-state index contributed by atoms with van der Waals surface area (Å²) in [5.41, 5.74) is 8.68. The second-order valence-electron chi connectivity index (χ2n) is 4.63. The summed E-state index contributed by atoms with van der Waals surface area (Å²) in [6, 6.07) is 2.15. The minimum atomic E-state index is 0.122. The Morgan fingerprint density at radius 3 is 2.94 bits per heavy atom. The lowest BCUT2D eigenvalue weighted by atomic mass is 9.89. The Bertz CT molecular complexity index is 334. The van der Waals surface area contributed by atoms with Crippen LogP contribution < -0.4 is 5.73 Å². The predicted octanol–water partition coefficient (Wildman–Crippen LogP) is 2.21. The zero-order valence-corrected chi connectivity index (χ0v) is 9.86. The molecule has 0 amide bonds. The molecule has 0 spiro atoms.